The van der Waals surface area contributed by atoms with E-state index in [2.05, 4.69) is 5.32 Å². The van der Waals surface area contributed by atoms with Gasteiger partial charge in [0.05, 0.1) is 12.0 Å². The van der Waals surface area contributed by atoms with E-state index in [-0.39, 0.29) is 11.3 Å². The lowest BCUT2D eigenvalue weighted by Crippen LogP contribution is -2.13. The van der Waals surface area contributed by atoms with Gasteiger partial charge in [0.2, 0.25) is 0 Å². The Kier molecular flexibility index (Phi) is 6.37. The lowest BCUT2D eigenvalue weighted by atomic mass is 10.1. The molecule has 34 heavy (non-hydrogen) atoms. The highest BCUT2D eigenvalue weighted by Crippen LogP contribution is 2.26. The molecule has 0 unspecified atom stereocenters. The first-order valence-electron chi connectivity index (χ1n) is 10.4. The summed E-state index contributed by atoms with van der Waals surface area (Å²) < 4.78 is 7.05. The second kappa shape index (κ2) is 9.71. The van der Waals surface area contributed by atoms with Crippen molar-refractivity contribution < 1.29 is 14.5 Å². The summed E-state index contributed by atoms with van der Waals surface area (Å²) in [5, 5.41) is 24.3. The molecule has 0 saturated heterocycles. The van der Waals surface area contributed by atoms with E-state index in [9.17, 15) is 20.2 Å². The summed E-state index contributed by atoms with van der Waals surface area (Å²) >= 11 is 0. The van der Waals surface area contributed by atoms with Gasteiger partial charge in [-0.1, -0.05) is 30.3 Å². The number of aromatic nitrogens is 1. The third-order valence-electron chi connectivity index (χ3n) is 5.31. The highest BCUT2D eigenvalue weighted by atomic mass is 16.6. The van der Waals surface area contributed by atoms with Crippen molar-refractivity contribution in [3.8, 4) is 11.8 Å². The van der Waals surface area contributed by atoms with Crippen LogP contribution in [0.2, 0.25) is 0 Å². The Hall–Kier alpha value is -4.90. The topological polar surface area (TPSA) is 110 Å². The first-order chi connectivity index (χ1) is 16.5. The first-order valence-corrected chi connectivity index (χ1v) is 10.4. The number of carbonyl (C=O) groups excluding carboxylic acids is 1. The molecule has 0 bridgehead atoms. The molecule has 1 aromatic heterocycles. The number of hydrogen-bond donors (Lipinski definition) is 1. The molecule has 4 aromatic rings. The smallest absolute Gasteiger partial charge is 0.269 e. The van der Waals surface area contributed by atoms with Gasteiger partial charge in [0.1, 0.15) is 17.4 Å². The van der Waals surface area contributed by atoms with Crippen LogP contribution < -0.4 is 10.1 Å². The minimum absolute atomic E-state index is 0.0241. The molecule has 3 aromatic carbocycles. The molecule has 0 atom stereocenters. The van der Waals surface area contributed by atoms with E-state index >= 15 is 0 Å². The molecule has 0 spiro atoms. The number of benzene rings is 3. The molecule has 1 N–H and O–H groups in total. The molecule has 0 fully saturated rings. The maximum absolute atomic E-state index is 12.7. The number of nitro groups is 1. The Morgan fingerprint density at radius 2 is 1.91 bits per heavy atom. The summed E-state index contributed by atoms with van der Waals surface area (Å²) in [6.45, 7) is 0.399. The number of carbonyl (C=O) groups is 1. The van der Waals surface area contributed by atoms with Crippen molar-refractivity contribution in [2.45, 2.75) is 6.54 Å². The van der Waals surface area contributed by atoms with E-state index in [0.29, 0.717) is 23.5 Å². The van der Waals surface area contributed by atoms with Crippen LogP contribution in [-0.2, 0) is 11.3 Å². The summed E-state index contributed by atoms with van der Waals surface area (Å²) in [6.07, 6.45) is 3.38. The van der Waals surface area contributed by atoms with Crippen molar-refractivity contribution >= 4 is 34.3 Å². The number of methoxy groups -OCH3 is 1. The molecule has 0 aliphatic heterocycles. The number of para-hydroxylation sites is 1. The number of anilines is 1. The van der Waals surface area contributed by atoms with Gasteiger partial charge >= 0.3 is 0 Å². The van der Waals surface area contributed by atoms with Crippen LogP contribution in [-0.4, -0.2) is 22.5 Å². The van der Waals surface area contributed by atoms with Crippen LogP contribution in [0.25, 0.3) is 17.0 Å². The van der Waals surface area contributed by atoms with Crippen molar-refractivity contribution in [2.75, 3.05) is 12.4 Å². The van der Waals surface area contributed by atoms with Crippen LogP contribution in [0, 0.1) is 21.4 Å². The second-order valence-electron chi connectivity index (χ2n) is 7.51. The average molecular weight is 452 g/mol. The highest BCUT2D eigenvalue weighted by Gasteiger charge is 2.14. The van der Waals surface area contributed by atoms with Gasteiger partial charge in [0, 0.05) is 47.0 Å². The molecule has 0 aliphatic rings. The van der Waals surface area contributed by atoms with Crippen molar-refractivity contribution in [3.63, 3.8) is 0 Å². The molecule has 1 amide bonds. The van der Waals surface area contributed by atoms with E-state index < -0.39 is 10.8 Å². The zero-order valence-corrected chi connectivity index (χ0v) is 18.3. The van der Waals surface area contributed by atoms with Gasteiger partial charge in [-0.3, -0.25) is 14.9 Å². The van der Waals surface area contributed by atoms with Crippen LogP contribution in [0.3, 0.4) is 0 Å². The monoisotopic (exact) mass is 452 g/mol. The van der Waals surface area contributed by atoms with Gasteiger partial charge in [-0.2, -0.15) is 5.26 Å². The number of rotatable bonds is 7. The Morgan fingerprint density at radius 3 is 2.62 bits per heavy atom. The molecule has 8 heteroatoms. The Balaban J connectivity index is 1.65. The van der Waals surface area contributed by atoms with Gasteiger partial charge in [-0.15, -0.1) is 0 Å². The third-order valence-corrected chi connectivity index (χ3v) is 5.31. The van der Waals surface area contributed by atoms with E-state index in [0.717, 1.165) is 16.5 Å². The lowest BCUT2D eigenvalue weighted by molar-refractivity contribution is -0.384. The van der Waals surface area contributed by atoms with Gasteiger partial charge < -0.3 is 14.6 Å². The van der Waals surface area contributed by atoms with Crippen LogP contribution in [0.4, 0.5) is 11.4 Å². The van der Waals surface area contributed by atoms with E-state index in [4.69, 9.17) is 4.74 Å². The Bertz CT molecular complexity index is 1450. The number of hydrogen-bond acceptors (Lipinski definition) is 5. The summed E-state index contributed by atoms with van der Waals surface area (Å²) in [5.74, 6) is 0.133. The largest absolute Gasteiger partial charge is 0.497 e. The number of non-ortho nitro benzene ring substituents is 1. The number of nitrogens with one attached hydrogen (secondary N) is 1. The minimum Gasteiger partial charge on any atom is -0.497 e. The first kappa shape index (κ1) is 22.3. The van der Waals surface area contributed by atoms with E-state index in [1.165, 1.54) is 12.1 Å². The van der Waals surface area contributed by atoms with Crippen LogP contribution in [0.1, 0.15) is 11.1 Å². The molecular formula is C26H20N4O4. The molecule has 0 aliphatic carbocycles. The molecular weight excluding hydrogens is 432 g/mol. The number of nitro benzene ring substituents is 1. The van der Waals surface area contributed by atoms with Crippen LogP contribution in [0.15, 0.2) is 84.6 Å². The van der Waals surface area contributed by atoms with Crippen molar-refractivity contribution in [1.82, 2.24) is 4.57 Å². The summed E-state index contributed by atoms with van der Waals surface area (Å²) in [4.78, 5) is 23.4. The predicted octanol–water partition coefficient (Wildman–Crippen LogP) is 5.15. The summed E-state index contributed by atoms with van der Waals surface area (Å²) in [6, 6.07) is 22.8. The summed E-state index contributed by atoms with van der Waals surface area (Å²) in [7, 11) is 1.56. The van der Waals surface area contributed by atoms with Crippen LogP contribution in [0.5, 0.6) is 5.75 Å². The van der Waals surface area contributed by atoms with Gasteiger partial charge in [0.25, 0.3) is 11.6 Å². The number of nitrogens with zero attached hydrogens (tertiary/aromatic N) is 3. The quantitative estimate of drug-likeness (QED) is 0.180. The fourth-order valence-electron chi connectivity index (χ4n) is 3.66. The fraction of sp³-hybridized carbons (Fsp3) is 0.0769. The van der Waals surface area contributed by atoms with Crippen molar-refractivity contribution in [1.29, 1.82) is 5.26 Å². The molecule has 8 nitrogen and oxygen atoms in total. The van der Waals surface area contributed by atoms with E-state index in [1.807, 2.05) is 47.2 Å². The average Bonchev–Trinajstić information content (AvgIpc) is 3.20. The third kappa shape index (κ3) is 4.79. The highest BCUT2D eigenvalue weighted by molar-refractivity contribution is 6.10. The molecule has 0 radical (unpaired) electrons. The molecule has 4 rings (SSSR count). The number of ether oxygens (including phenoxy) is 1. The van der Waals surface area contributed by atoms with Crippen LogP contribution >= 0.6 is 0 Å². The maximum Gasteiger partial charge on any atom is 0.269 e. The van der Waals surface area contributed by atoms with Gasteiger partial charge in [-0.25, -0.2) is 0 Å². The standard InChI is InChI=1S/C26H20N4O4/c1-34-23-11-9-21(10-12-23)28-26(31)19(15-27)14-20-17-29(25-8-3-2-7-24(20)25)16-18-5-4-6-22(13-18)30(32)33/h2-14,17H,16H2,1H3,(H,28,31)/b19-14-. The van der Waals surface area contributed by atoms with Gasteiger partial charge in [0.15, 0.2) is 0 Å². The number of nitriles is 1. The number of amides is 1. The van der Waals surface area contributed by atoms with Crippen molar-refractivity contribution in [3.05, 3.63) is 106 Å². The fourth-order valence-corrected chi connectivity index (χ4v) is 3.66. The SMILES string of the molecule is COc1ccc(NC(=O)/C(C#N)=C\c2cn(Cc3cccc([N+](=O)[O-])c3)c3ccccc23)cc1. The minimum atomic E-state index is -0.525. The molecule has 168 valence electrons. The zero-order chi connectivity index (χ0) is 24.1. The zero-order valence-electron chi connectivity index (χ0n) is 18.3. The lowest BCUT2D eigenvalue weighted by Gasteiger charge is -2.05. The summed E-state index contributed by atoms with van der Waals surface area (Å²) in [5.41, 5.74) is 2.86. The van der Waals surface area contributed by atoms with E-state index in [1.54, 1.807) is 43.5 Å². The predicted molar refractivity (Wildman–Crippen MR) is 129 cm³/mol. The van der Waals surface area contributed by atoms with Crippen molar-refractivity contribution in [2.24, 2.45) is 0 Å². The Morgan fingerprint density at radius 1 is 1.15 bits per heavy atom. The number of fused-ring (bicyclic) bond motifs is 1. The maximum atomic E-state index is 12.7. The molecule has 1 heterocycles. The Labute approximate surface area is 195 Å². The van der Waals surface area contributed by atoms with Gasteiger partial charge in [-0.05, 0) is 42.0 Å². The normalized spacial score (nSPS) is 11.1. The molecule has 0 saturated carbocycles. The second-order valence-corrected chi connectivity index (χ2v) is 7.51.